The molecule has 1 fully saturated rings. The topological polar surface area (TPSA) is 60.8 Å². The quantitative estimate of drug-likeness (QED) is 0.582. The number of hydrogen-bond donors (Lipinski definition) is 0. The third kappa shape index (κ3) is 5.35. The van der Waals surface area contributed by atoms with Crippen molar-refractivity contribution < 1.29 is 27.8 Å². The van der Waals surface area contributed by atoms with Gasteiger partial charge in [-0.1, -0.05) is 0 Å². The van der Waals surface area contributed by atoms with Gasteiger partial charge >= 0.3 is 12.2 Å². The maximum atomic E-state index is 15.0. The second-order valence-electron chi connectivity index (χ2n) is 9.93. The Morgan fingerprint density at radius 2 is 1.65 bits per heavy atom. The maximum Gasteiger partial charge on any atom is 0.419 e. The summed E-state index contributed by atoms with van der Waals surface area (Å²) < 4.78 is 41.1. The van der Waals surface area contributed by atoms with Crippen LogP contribution in [0.3, 0.4) is 0 Å². The molecular formula is C23H30F2N2O4. The largest absolute Gasteiger partial charge is 0.444 e. The number of carbonyl (C=O) groups excluding carboxylic acids is 2. The number of rotatable bonds is 1. The summed E-state index contributed by atoms with van der Waals surface area (Å²) in [5, 5.41) is 0.547. The minimum absolute atomic E-state index is 0.0981. The lowest BCUT2D eigenvalue weighted by atomic mass is 9.89. The first kappa shape index (κ1) is 23.0. The highest BCUT2D eigenvalue weighted by Gasteiger charge is 2.36. The third-order valence-electron chi connectivity index (χ3n) is 4.97. The van der Waals surface area contributed by atoms with Crippen molar-refractivity contribution in [1.29, 1.82) is 0 Å². The van der Waals surface area contributed by atoms with Gasteiger partial charge in [0, 0.05) is 30.6 Å². The summed E-state index contributed by atoms with van der Waals surface area (Å²) in [7, 11) is 0. The number of likely N-dealkylation sites (tertiary alicyclic amines) is 1. The number of piperidine rings is 1. The number of nitrogens with zero attached hydrogens (tertiary/aromatic N) is 2. The van der Waals surface area contributed by atoms with E-state index in [1.807, 2.05) is 0 Å². The standard InChI is InChI=1S/C23H30F2N2O4/c1-22(2,3)30-20(28)26-10-9-18(25)17(12-26)16-13-27(21(29)31-23(4,5)6)19-11-14(24)7-8-15(16)19/h7-8,11,13,17-18H,9-10,12H2,1-6H3/t17-,18+/m0/s1. The average Bonchev–Trinajstić information content (AvgIpc) is 2.97. The van der Waals surface area contributed by atoms with Crippen LogP contribution in [0.15, 0.2) is 24.4 Å². The van der Waals surface area contributed by atoms with E-state index in [1.54, 1.807) is 41.5 Å². The molecule has 0 N–H and O–H groups in total. The molecule has 1 aromatic carbocycles. The lowest BCUT2D eigenvalue weighted by Gasteiger charge is -2.36. The minimum Gasteiger partial charge on any atom is -0.444 e. The van der Waals surface area contributed by atoms with Crippen LogP contribution >= 0.6 is 0 Å². The van der Waals surface area contributed by atoms with Gasteiger partial charge in [0.15, 0.2) is 0 Å². The lowest BCUT2D eigenvalue weighted by Crippen LogP contribution is -2.45. The van der Waals surface area contributed by atoms with Gasteiger partial charge in [0.25, 0.3) is 0 Å². The predicted molar refractivity (Wildman–Crippen MR) is 114 cm³/mol. The number of hydrogen-bond acceptors (Lipinski definition) is 4. The zero-order valence-corrected chi connectivity index (χ0v) is 18.9. The van der Waals surface area contributed by atoms with Crippen LogP contribution in [-0.4, -0.2) is 52.1 Å². The van der Waals surface area contributed by atoms with E-state index >= 15 is 4.39 Å². The van der Waals surface area contributed by atoms with Crippen LogP contribution in [0.4, 0.5) is 18.4 Å². The highest BCUT2D eigenvalue weighted by atomic mass is 19.1. The van der Waals surface area contributed by atoms with Crippen LogP contribution in [0.1, 0.15) is 59.4 Å². The molecule has 170 valence electrons. The number of fused-ring (bicyclic) bond motifs is 1. The Kier molecular flexibility index (Phi) is 6.04. The van der Waals surface area contributed by atoms with E-state index in [0.29, 0.717) is 16.5 Å². The number of benzene rings is 1. The Labute approximate surface area is 181 Å². The number of ether oxygens (including phenoxy) is 2. The summed E-state index contributed by atoms with van der Waals surface area (Å²) in [5.74, 6) is -1.20. The molecule has 0 radical (unpaired) electrons. The monoisotopic (exact) mass is 436 g/mol. The molecule has 6 nitrogen and oxygen atoms in total. The number of alkyl halides is 1. The highest BCUT2D eigenvalue weighted by Crippen LogP contribution is 2.36. The number of amides is 1. The summed E-state index contributed by atoms with van der Waals surface area (Å²) in [5.41, 5.74) is -0.585. The molecule has 2 aromatic rings. The molecule has 0 unspecified atom stereocenters. The van der Waals surface area contributed by atoms with Crippen molar-refractivity contribution in [3.8, 4) is 0 Å². The van der Waals surface area contributed by atoms with E-state index in [-0.39, 0.29) is 19.5 Å². The van der Waals surface area contributed by atoms with Gasteiger partial charge in [0.2, 0.25) is 0 Å². The summed E-state index contributed by atoms with van der Waals surface area (Å²) in [6.45, 7) is 10.8. The Morgan fingerprint density at radius 3 is 2.26 bits per heavy atom. The molecule has 1 saturated heterocycles. The minimum atomic E-state index is -1.22. The molecule has 1 aromatic heterocycles. The summed E-state index contributed by atoms with van der Waals surface area (Å²) in [4.78, 5) is 26.7. The van der Waals surface area contributed by atoms with Crippen LogP contribution in [0.25, 0.3) is 10.9 Å². The van der Waals surface area contributed by atoms with E-state index in [1.165, 1.54) is 33.9 Å². The van der Waals surface area contributed by atoms with Gasteiger partial charge in [0.1, 0.15) is 23.2 Å². The van der Waals surface area contributed by atoms with Gasteiger partial charge in [-0.05, 0) is 71.7 Å². The molecule has 1 aliphatic rings. The number of carbonyl (C=O) groups is 2. The van der Waals surface area contributed by atoms with E-state index < -0.39 is 41.3 Å². The van der Waals surface area contributed by atoms with Crippen LogP contribution in [0.2, 0.25) is 0 Å². The first-order valence-corrected chi connectivity index (χ1v) is 10.4. The lowest BCUT2D eigenvalue weighted by molar-refractivity contribution is 0.0134. The van der Waals surface area contributed by atoms with Gasteiger partial charge in [-0.2, -0.15) is 0 Å². The molecule has 0 bridgehead atoms. The zero-order valence-electron chi connectivity index (χ0n) is 18.9. The van der Waals surface area contributed by atoms with Gasteiger partial charge < -0.3 is 14.4 Å². The normalized spacial score (nSPS) is 20.1. The summed E-state index contributed by atoms with van der Waals surface area (Å²) in [6.07, 6.45) is -0.768. The highest BCUT2D eigenvalue weighted by molar-refractivity contribution is 5.92. The SMILES string of the molecule is CC(C)(C)OC(=O)N1CC[C@@H](F)[C@H](c2cn(C(=O)OC(C)(C)C)c3cc(F)ccc23)C1. The van der Waals surface area contributed by atoms with Crippen molar-refractivity contribution in [1.82, 2.24) is 9.47 Å². The van der Waals surface area contributed by atoms with Crippen molar-refractivity contribution in [2.24, 2.45) is 0 Å². The predicted octanol–water partition coefficient (Wildman–Crippen LogP) is 5.63. The molecule has 1 aliphatic heterocycles. The summed E-state index contributed by atoms with van der Waals surface area (Å²) >= 11 is 0. The molecular weight excluding hydrogens is 406 g/mol. The molecule has 2 atom stereocenters. The first-order valence-electron chi connectivity index (χ1n) is 10.4. The second-order valence-corrected chi connectivity index (χ2v) is 9.93. The Hall–Kier alpha value is -2.64. The van der Waals surface area contributed by atoms with Gasteiger partial charge in [-0.3, -0.25) is 4.57 Å². The molecule has 8 heteroatoms. The third-order valence-corrected chi connectivity index (χ3v) is 4.97. The van der Waals surface area contributed by atoms with Crippen LogP contribution in [-0.2, 0) is 9.47 Å². The smallest absolute Gasteiger partial charge is 0.419 e. The Morgan fingerprint density at radius 1 is 1.03 bits per heavy atom. The van der Waals surface area contributed by atoms with Crippen molar-refractivity contribution in [2.75, 3.05) is 13.1 Å². The molecule has 0 spiro atoms. The van der Waals surface area contributed by atoms with Crippen molar-refractivity contribution >= 4 is 23.1 Å². The molecule has 0 aliphatic carbocycles. The van der Waals surface area contributed by atoms with Crippen molar-refractivity contribution in [2.45, 2.75) is 71.3 Å². The molecule has 3 rings (SSSR count). The fraction of sp³-hybridized carbons (Fsp3) is 0.565. The number of aromatic nitrogens is 1. The Bertz CT molecular complexity index is 988. The number of halogens is 2. The van der Waals surface area contributed by atoms with E-state index in [0.717, 1.165) is 0 Å². The van der Waals surface area contributed by atoms with Crippen LogP contribution < -0.4 is 0 Å². The van der Waals surface area contributed by atoms with Gasteiger partial charge in [-0.15, -0.1) is 0 Å². The van der Waals surface area contributed by atoms with E-state index in [4.69, 9.17) is 9.47 Å². The fourth-order valence-corrected chi connectivity index (χ4v) is 3.69. The van der Waals surface area contributed by atoms with E-state index in [2.05, 4.69) is 0 Å². The van der Waals surface area contributed by atoms with Gasteiger partial charge in [0.05, 0.1) is 5.52 Å². The van der Waals surface area contributed by atoms with Crippen LogP contribution in [0.5, 0.6) is 0 Å². The van der Waals surface area contributed by atoms with E-state index in [9.17, 15) is 14.0 Å². The van der Waals surface area contributed by atoms with Gasteiger partial charge in [-0.25, -0.2) is 18.4 Å². The molecule has 31 heavy (non-hydrogen) atoms. The summed E-state index contributed by atoms with van der Waals surface area (Å²) in [6, 6.07) is 4.03. The zero-order chi connectivity index (χ0) is 23.1. The van der Waals surface area contributed by atoms with Crippen molar-refractivity contribution in [3.63, 3.8) is 0 Å². The molecule has 1 amide bonds. The molecule has 0 saturated carbocycles. The average molecular weight is 436 g/mol. The Balaban J connectivity index is 1.99. The van der Waals surface area contributed by atoms with Crippen molar-refractivity contribution in [3.05, 3.63) is 35.8 Å². The maximum absolute atomic E-state index is 15.0. The molecule has 2 heterocycles. The second kappa shape index (κ2) is 8.13. The first-order chi connectivity index (χ1) is 14.2. The fourth-order valence-electron chi connectivity index (χ4n) is 3.69. The van der Waals surface area contributed by atoms with Crippen LogP contribution in [0, 0.1) is 5.82 Å².